The highest BCUT2D eigenvalue weighted by atomic mass is 79.9. The lowest BCUT2D eigenvalue weighted by molar-refractivity contribution is -0.136. The normalized spacial score (nSPS) is 12.5. The molecule has 1 rings (SSSR count). The first kappa shape index (κ1) is 11.2. The molecule has 1 N–H and O–H groups in total. The van der Waals surface area contributed by atoms with Gasteiger partial charge in [0, 0.05) is 0 Å². The van der Waals surface area contributed by atoms with E-state index in [0.29, 0.717) is 6.42 Å². The number of aryl methyl sites for hydroxylation is 1. The monoisotopic (exact) mass is 256 g/mol. The summed E-state index contributed by atoms with van der Waals surface area (Å²) < 4.78 is 0. The molecular formula is C11H13BrO2. The molecule has 0 aliphatic carbocycles. The Hall–Kier alpha value is -0.830. The Bertz CT molecular complexity index is 347. The van der Waals surface area contributed by atoms with E-state index >= 15 is 0 Å². The Morgan fingerprint density at radius 1 is 1.50 bits per heavy atom. The molecule has 0 aromatic heterocycles. The zero-order valence-electron chi connectivity index (χ0n) is 8.25. The molecule has 14 heavy (non-hydrogen) atoms. The molecular weight excluding hydrogens is 244 g/mol. The van der Waals surface area contributed by atoms with E-state index in [1.807, 2.05) is 32.0 Å². The maximum atomic E-state index is 10.7. The van der Waals surface area contributed by atoms with Crippen molar-refractivity contribution in [2.75, 3.05) is 0 Å². The third-order valence-electron chi connectivity index (χ3n) is 2.38. The van der Waals surface area contributed by atoms with Gasteiger partial charge in [-0.25, -0.2) is 0 Å². The van der Waals surface area contributed by atoms with E-state index in [1.54, 1.807) is 0 Å². The molecule has 0 spiro atoms. The molecule has 76 valence electrons. The minimum Gasteiger partial charge on any atom is -0.480 e. The first-order valence-electron chi connectivity index (χ1n) is 4.44. The number of carboxylic acids is 1. The van der Waals surface area contributed by atoms with Crippen LogP contribution in [0.3, 0.4) is 0 Å². The lowest BCUT2D eigenvalue weighted by atomic mass is 10.00. The molecule has 1 aromatic carbocycles. The van der Waals surface area contributed by atoms with Gasteiger partial charge in [-0.1, -0.05) is 34.1 Å². The maximum Gasteiger partial charge on any atom is 0.317 e. The van der Waals surface area contributed by atoms with E-state index < -0.39 is 10.8 Å². The first-order valence-corrected chi connectivity index (χ1v) is 5.36. The van der Waals surface area contributed by atoms with Crippen LogP contribution in [0.5, 0.6) is 0 Å². The standard InChI is InChI=1S/C11H13BrO2/c1-7-4-3-5-9(8(7)2)6-10(12)11(13)14/h3-5,10H,6H2,1-2H3,(H,13,14)/t10-/m1/s1. The third kappa shape index (κ3) is 2.58. The predicted molar refractivity (Wildman–Crippen MR) is 60.0 cm³/mol. The van der Waals surface area contributed by atoms with E-state index in [1.165, 1.54) is 11.1 Å². The average molecular weight is 257 g/mol. The van der Waals surface area contributed by atoms with E-state index in [2.05, 4.69) is 15.9 Å². The second-order valence-electron chi connectivity index (χ2n) is 3.37. The van der Waals surface area contributed by atoms with Crippen molar-refractivity contribution in [1.29, 1.82) is 0 Å². The van der Waals surface area contributed by atoms with E-state index in [4.69, 9.17) is 5.11 Å². The molecule has 3 heteroatoms. The van der Waals surface area contributed by atoms with Crippen molar-refractivity contribution >= 4 is 21.9 Å². The van der Waals surface area contributed by atoms with Crippen molar-refractivity contribution < 1.29 is 9.90 Å². The van der Waals surface area contributed by atoms with Gasteiger partial charge in [-0.05, 0) is 37.0 Å². The highest BCUT2D eigenvalue weighted by Crippen LogP contribution is 2.17. The van der Waals surface area contributed by atoms with Crippen LogP contribution in [0.2, 0.25) is 0 Å². The Morgan fingerprint density at radius 3 is 2.71 bits per heavy atom. The summed E-state index contributed by atoms with van der Waals surface area (Å²) in [4.78, 5) is 10.2. The minimum atomic E-state index is -0.814. The average Bonchev–Trinajstić information content (AvgIpc) is 2.12. The van der Waals surface area contributed by atoms with Crippen molar-refractivity contribution in [3.8, 4) is 0 Å². The van der Waals surface area contributed by atoms with Crippen LogP contribution in [0.4, 0.5) is 0 Å². The second-order valence-corrected chi connectivity index (χ2v) is 4.47. The van der Waals surface area contributed by atoms with Crippen LogP contribution in [-0.4, -0.2) is 15.9 Å². The van der Waals surface area contributed by atoms with E-state index in [9.17, 15) is 4.79 Å². The van der Waals surface area contributed by atoms with Gasteiger partial charge in [-0.2, -0.15) is 0 Å². The van der Waals surface area contributed by atoms with Gasteiger partial charge in [0.05, 0.1) is 0 Å². The highest BCUT2D eigenvalue weighted by Gasteiger charge is 2.14. The number of hydrogen-bond donors (Lipinski definition) is 1. The molecule has 1 aromatic rings. The second kappa shape index (κ2) is 4.60. The van der Waals surface area contributed by atoms with E-state index in [-0.39, 0.29) is 0 Å². The summed E-state index contributed by atoms with van der Waals surface area (Å²) in [7, 11) is 0. The summed E-state index contributed by atoms with van der Waals surface area (Å²) >= 11 is 3.14. The molecule has 0 fully saturated rings. The van der Waals surface area contributed by atoms with Crippen LogP contribution in [0.15, 0.2) is 18.2 Å². The minimum absolute atomic E-state index is 0.497. The molecule has 0 heterocycles. The molecule has 0 aliphatic rings. The molecule has 0 aliphatic heterocycles. The topological polar surface area (TPSA) is 37.3 Å². The van der Waals surface area contributed by atoms with Gasteiger partial charge in [0.25, 0.3) is 0 Å². The smallest absolute Gasteiger partial charge is 0.317 e. The van der Waals surface area contributed by atoms with Crippen LogP contribution < -0.4 is 0 Å². The molecule has 0 amide bonds. The molecule has 2 nitrogen and oxygen atoms in total. The van der Waals surface area contributed by atoms with Crippen LogP contribution in [0.1, 0.15) is 16.7 Å². The summed E-state index contributed by atoms with van der Waals surface area (Å²) in [6.45, 7) is 4.05. The molecule has 0 bridgehead atoms. The number of benzene rings is 1. The number of carbonyl (C=O) groups is 1. The number of carboxylic acid groups (broad SMARTS) is 1. The maximum absolute atomic E-state index is 10.7. The fourth-order valence-corrected chi connectivity index (χ4v) is 1.66. The fraction of sp³-hybridized carbons (Fsp3) is 0.364. The Labute approximate surface area is 92.1 Å². The zero-order chi connectivity index (χ0) is 10.7. The number of alkyl halides is 1. The summed E-state index contributed by atoms with van der Waals surface area (Å²) in [6, 6.07) is 5.96. The number of rotatable bonds is 3. The first-order chi connectivity index (χ1) is 6.52. The Morgan fingerprint density at radius 2 is 2.14 bits per heavy atom. The number of halogens is 1. The van der Waals surface area contributed by atoms with Crippen LogP contribution >= 0.6 is 15.9 Å². The van der Waals surface area contributed by atoms with Crippen molar-refractivity contribution in [2.45, 2.75) is 25.1 Å². The summed E-state index contributed by atoms with van der Waals surface area (Å²) in [6.07, 6.45) is 0.531. The van der Waals surface area contributed by atoms with Gasteiger partial charge < -0.3 is 5.11 Å². The zero-order valence-corrected chi connectivity index (χ0v) is 9.84. The van der Waals surface area contributed by atoms with Crippen molar-refractivity contribution in [2.24, 2.45) is 0 Å². The lowest BCUT2D eigenvalue weighted by Crippen LogP contribution is -2.16. The van der Waals surface area contributed by atoms with E-state index in [0.717, 1.165) is 5.56 Å². The highest BCUT2D eigenvalue weighted by molar-refractivity contribution is 9.10. The predicted octanol–water partition coefficient (Wildman–Crippen LogP) is 2.69. The van der Waals surface area contributed by atoms with Crippen molar-refractivity contribution in [3.05, 3.63) is 34.9 Å². The Balaban J connectivity index is 2.87. The quantitative estimate of drug-likeness (QED) is 0.845. The van der Waals surface area contributed by atoms with Crippen LogP contribution in [0.25, 0.3) is 0 Å². The molecule has 0 radical (unpaired) electrons. The van der Waals surface area contributed by atoms with Gasteiger partial charge in [-0.15, -0.1) is 0 Å². The van der Waals surface area contributed by atoms with Crippen molar-refractivity contribution in [1.82, 2.24) is 0 Å². The van der Waals surface area contributed by atoms with Gasteiger partial charge in [0.1, 0.15) is 4.83 Å². The molecule has 0 unspecified atom stereocenters. The third-order valence-corrected chi connectivity index (χ3v) is 3.10. The van der Waals surface area contributed by atoms with Gasteiger partial charge in [-0.3, -0.25) is 4.79 Å². The largest absolute Gasteiger partial charge is 0.480 e. The van der Waals surface area contributed by atoms with Crippen LogP contribution in [-0.2, 0) is 11.2 Å². The van der Waals surface area contributed by atoms with Crippen molar-refractivity contribution in [3.63, 3.8) is 0 Å². The molecule has 0 saturated heterocycles. The molecule has 1 atom stereocenters. The SMILES string of the molecule is Cc1cccc(C[C@@H](Br)C(=O)O)c1C. The summed E-state index contributed by atoms with van der Waals surface area (Å²) in [5.74, 6) is -0.814. The Kier molecular flexibility index (Phi) is 3.69. The lowest BCUT2D eigenvalue weighted by Gasteiger charge is -2.09. The summed E-state index contributed by atoms with van der Waals surface area (Å²) in [5.41, 5.74) is 3.47. The van der Waals surface area contributed by atoms with Gasteiger partial charge >= 0.3 is 5.97 Å². The fourth-order valence-electron chi connectivity index (χ4n) is 1.31. The number of aliphatic carboxylic acids is 1. The van der Waals surface area contributed by atoms with Crippen LogP contribution in [0, 0.1) is 13.8 Å². The van der Waals surface area contributed by atoms with Gasteiger partial charge in [0.15, 0.2) is 0 Å². The molecule has 0 saturated carbocycles. The van der Waals surface area contributed by atoms with Gasteiger partial charge in [0.2, 0.25) is 0 Å². The summed E-state index contributed by atoms with van der Waals surface area (Å²) in [5, 5.41) is 8.76. The number of hydrogen-bond acceptors (Lipinski definition) is 1.